The Morgan fingerprint density at radius 1 is 0.773 bits per heavy atom. The predicted molar refractivity (Wildman–Crippen MR) is 92.9 cm³/mol. The van der Waals surface area contributed by atoms with Crippen LogP contribution in [0.2, 0.25) is 0 Å². The van der Waals surface area contributed by atoms with Gasteiger partial charge in [0.2, 0.25) is 0 Å². The van der Waals surface area contributed by atoms with Crippen molar-refractivity contribution in [1.29, 1.82) is 0 Å². The molecule has 0 saturated heterocycles. The second-order valence-corrected chi connectivity index (χ2v) is 7.62. The molecule has 0 spiro atoms. The SMILES string of the molecule is CCCCCCCC(CCCCCCC)CCOP(=O)(O)O. The van der Waals surface area contributed by atoms with Gasteiger partial charge in [-0.2, -0.15) is 0 Å². The molecule has 0 aromatic carbocycles. The van der Waals surface area contributed by atoms with E-state index in [1.54, 1.807) is 0 Å². The smallest absolute Gasteiger partial charge is 0.303 e. The second kappa shape index (κ2) is 14.7. The van der Waals surface area contributed by atoms with Gasteiger partial charge in [0.1, 0.15) is 0 Å². The fraction of sp³-hybridized carbons (Fsp3) is 1.00. The zero-order valence-electron chi connectivity index (χ0n) is 14.6. The van der Waals surface area contributed by atoms with Gasteiger partial charge in [-0.25, -0.2) is 4.57 Å². The number of phosphoric ester groups is 1. The molecule has 2 N–H and O–H groups in total. The van der Waals surface area contributed by atoms with Crippen LogP contribution in [0.1, 0.15) is 97.3 Å². The van der Waals surface area contributed by atoms with Crippen molar-refractivity contribution in [3.05, 3.63) is 0 Å². The van der Waals surface area contributed by atoms with Crippen molar-refractivity contribution in [2.45, 2.75) is 97.3 Å². The van der Waals surface area contributed by atoms with Crippen molar-refractivity contribution in [2.75, 3.05) is 6.61 Å². The summed E-state index contributed by atoms with van der Waals surface area (Å²) in [5, 5.41) is 0. The van der Waals surface area contributed by atoms with E-state index in [0.29, 0.717) is 5.92 Å². The molecular formula is C17H37O4P. The maximum absolute atomic E-state index is 10.7. The molecule has 0 atom stereocenters. The minimum Gasteiger partial charge on any atom is -0.303 e. The number of phosphoric acid groups is 1. The summed E-state index contributed by atoms with van der Waals surface area (Å²) < 4.78 is 15.4. The van der Waals surface area contributed by atoms with Gasteiger partial charge in [0.05, 0.1) is 6.61 Å². The quantitative estimate of drug-likeness (QED) is 0.275. The Balaban J connectivity index is 3.89. The topological polar surface area (TPSA) is 66.8 Å². The van der Waals surface area contributed by atoms with Crippen LogP contribution in [0, 0.1) is 5.92 Å². The van der Waals surface area contributed by atoms with Crippen LogP contribution in [-0.4, -0.2) is 16.4 Å². The summed E-state index contributed by atoms with van der Waals surface area (Å²) in [5.74, 6) is 0.551. The van der Waals surface area contributed by atoms with Crippen LogP contribution in [-0.2, 0) is 9.09 Å². The maximum Gasteiger partial charge on any atom is 0.469 e. The van der Waals surface area contributed by atoms with Crippen LogP contribution in [0.15, 0.2) is 0 Å². The molecule has 0 radical (unpaired) electrons. The first kappa shape index (κ1) is 22.1. The first-order valence-corrected chi connectivity index (χ1v) is 10.7. The summed E-state index contributed by atoms with van der Waals surface area (Å²) >= 11 is 0. The van der Waals surface area contributed by atoms with E-state index in [9.17, 15) is 4.57 Å². The molecule has 0 aromatic rings. The highest BCUT2D eigenvalue weighted by atomic mass is 31.2. The summed E-state index contributed by atoms with van der Waals surface area (Å²) in [6.45, 7) is 4.62. The van der Waals surface area contributed by atoms with Gasteiger partial charge >= 0.3 is 7.82 Å². The normalized spacial score (nSPS) is 12.2. The molecule has 0 aromatic heterocycles. The fourth-order valence-corrected chi connectivity index (χ4v) is 3.19. The highest BCUT2D eigenvalue weighted by Gasteiger charge is 2.15. The molecule has 134 valence electrons. The molecule has 0 saturated carbocycles. The molecule has 4 nitrogen and oxygen atoms in total. The van der Waals surface area contributed by atoms with E-state index in [1.807, 2.05) is 0 Å². The van der Waals surface area contributed by atoms with Gasteiger partial charge in [-0.05, 0) is 12.3 Å². The third kappa shape index (κ3) is 16.5. The number of rotatable bonds is 16. The van der Waals surface area contributed by atoms with Crippen LogP contribution in [0.25, 0.3) is 0 Å². The molecule has 0 amide bonds. The molecule has 0 fully saturated rings. The monoisotopic (exact) mass is 336 g/mol. The molecule has 0 aliphatic heterocycles. The largest absolute Gasteiger partial charge is 0.469 e. The minimum atomic E-state index is -4.30. The molecule has 0 heterocycles. The predicted octanol–water partition coefficient (Wildman–Crippen LogP) is 5.82. The van der Waals surface area contributed by atoms with E-state index >= 15 is 0 Å². The summed E-state index contributed by atoms with van der Waals surface area (Å²) in [6, 6.07) is 0. The maximum atomic E-state index is 10.7. The standard InChI is InChI=1S/C17H37O4P/c1-3-5-7-9-11-13-17(14-12-10-8-6-4-2)15-16-21-22(18,19)20/h17H,3-16H2,1-2H3,(H2,18,19,20). The first-order valence-electron chi connectivity index (χ1n) is 9.19. The average molecular weight is 336 g/mol. The lowest BCUT2D eigenvalue weighted by Gasteiger charge is -2.17. The third-order valence-electron chi connectivity index (χ3n) is 4.22. The Morgan fingerprint density at radius 2 is 1.23 bits per heavy atom. The molecule has 22 heavy (non-hydrogen) atoms. The van der Waals surface area contributed by atoms with E-state index in [1.165, 1.54) is 77.0 Å². The van der Waals surface area contributed by atoms with Crippen molar-refractivity contribution < 1.29 is 18.9 Å². The highest BCUT2D eigenvalue weighted by molar-refractivity contribution is 7.46. The zero-order chi connectivity index (χ0) is 16.7. The van der Waals surface area contributed by atoms with Crippen molar-refractivity contribution in [3.63, 3.8) is 0 Å². The lowest BCUT2D eigenvalue weighted by Crippen LogP contribution is -2.05. The summed E-state index contributed by atoms with van der Waals surface area (Å²) in [5.41, 5.74) is 0. The van der Waals surface area contributed by atoms with Gasteiger partial charge in [0, 0.05) is 0 Å². The van der Waals surface area contributed by atoms with Gasteiger partial charge in [-0.15, -0.1) is 0 Å². The molecule has 0 aliphatic rings. The molecule has 0 rings (SSSR count). The van der Waals surface area contributed by atoms with Crippen molar-refractivity contribution in [1.82, 2.24) is 0 Å². The number of hydrogen-bond donors (Lipinski definition) is 2. The molecule has 0 unspecified atom stereocenters. The highest BCUT2D eigenvalue weighted by Crippen LogP contribution is 2.36. The van der Waals surface area contributed by atoms with Gasteiger partial charge < -0.3 is 9.79 Å². The molecule has 0 aliphatic carbocycles. The number of hydrogen-bond acceptors (Lipinski definition) is 2. The van der Waals surface area contributed by atoms with Gasteiger partial charge in [0.15, 0.2) is 0 Å². The summed E-state index contributed by atoms with van der Waals surface area (Å²) in [4.78, 5) is 17.5. The lowest BCUT2D eigenvalue weighted by molar-refractivity contribution is 0.179. The van der Waals surface area contributed by atoms with E-state index < -0.39 is 7.82 Å². The van der Waals surface area contributed by atoms with Crippen molar-refractivity contribution in [2.24, 2.45) is 5.92 Å². The summed E-state index contributed by atoms with van der Waals surface area (Å²) in [7, 11) is -4.30. The van der Waals surface area contributed by atoms with E-state index in [0.717, 1.165) is 6.42 Å². The Hall–Kier alpha value is 0.110. The van der Waals surface area contributed by atoms with E-state index in [2.05, 4.69) is 18.4 Å². The van der Waals surface area contributed by atoms with Crippen LogP contribution in [0.3, 0.4) is 0 Å². The second-order valence-electron chi connectivity index (χ2n) is 6.38. The Bertz CT molecular complexity index is 264. The first-order chi connectivity index (χ1) is 10.5. The molecular weight excluding hydrogens is 299 g/mol. The molecule has 5 heteroatoms. The molecule has 0 bridgehead atoms. The fourth-order valence-electron chi connectivity index (χ4n) is 2.84. The van der Waals surface area contributed by atoms with E-state index in [-0.39, 0.29) is 6.61 Å². The lowest BCUT2D eigenvalue weighted by atomic mass is 9.92. The van der Waals surface area contributed by atoms with Gasteiger partial charge in [0.25, 0.3) is 0 Å². The number of unbranched alkanes of at least 4 members (excludes halogenated alkanes) is 8. The van der Waals surface area contributed by atoms with Crippen LogP contribution in [0.5, 0.6) is 0 Å². The Kier molecular flexibility index (Phi) is 14.8. The van der Waals surface area contributed by atoms with Gasteiger partial charge in [-0.1, -0.05) is 90.9 Å². The Morgan fingerprint density at radius 3 is 1.64 bits per heavy atom. The summed E-state index contributed by atoms with van der Waals surface area (Å²) in [6.07, 6.45) is 15.9. The van der Waals surface area contributed by atoms with E-state index in [4.69, 9.17) is 9.79 Å². The Labute approximate surface area is 137 Å². The van der Waals surface area contributed by atoms with Crippen LogP contribution in [0.4, 0.5) is 0 Å². The minimum absolute atomic E-state index is 0.179. The third-order valence-corrected chi connectivity index (χ3v) is 4.74. The average Bonchev–Trinajstić information content (AvgIpc) is 2.44. The van der Waals surface area contributed by atoms with Crippen LogP contribution >= 0.6 is 7.82 Å². The van der Waals surface area contributed by atoms with Crippen molar-refractivity contribution >= 4 is 7.82 Å². The zero-order valence-corrected chi connectivity index (χ0v) is 15.5. The van der Waals surface area contributed by atoms with Crippen LogP contribution < -0.4 is 0 Å². The van der Waals surface area contributed by atoms with Crippen molar-refractivity contribution in [3.8, 4) is 0 Å². The van der Waals surface area contributed by atoms with Gasteiger partial charge in [-0.3, -0.25) is 4.52 Å².